The fourth-order valence-corrected chi connectivity index (χ4v) is 5.07. The Kier molecular flexibility index (Phi) is 6.10. The van der Waals surface area contributed by atoms with Crippen LogP contribution in [0.5, 0.6) is 5.88 Å². The zero-order valence-corrected chi connectivity index (χ0v) is 16.6. The highest BCUT2D eigenvalue weighted by molar-refractivity contribution is 7.92. The van der Waals surface area contributed by atoms with E-state index in [1.807, 2.05) is 0 Å². The fourth-order valence-electron chi connectivity index (χ4n) is 3.24. The summed E-state index contributed by atoms with van der Waals surface area (Å²) in [5.74, 6) is -0.0955. The number of benzene rings is 1. The van der Waals surface area contributed by atoms with E-state index in [1.54, 1.807) is 0 Å². The Bertz CT molecular complexity index is 992. The third-order valence-electron chi connectivity index (χ3n) is 4.97. The van der Waals surface area contributed by atoms with Crippen LogP contribution in [-0.2, 0) is 20.8 Å². The molecule has 2 aromatic rings. The summed E-state index contributed by atoms with van der Waals surface area (Å²) in [6.45, 7) is 0.631. The SMILES string of the molecule is CC1(S(=O)(=O)c2cccc(C(F)(F)F)c2)CCOC(c2cc(OCC(F)F)n[nH]2)C1. The molecule has 1 N–H and O–H groups in total. The Labute approximate surface area is 169 Å². The summed E-state index contributed by atoms with van der Waals surface area (Å²) < 4.78 is 98.9. The molecule has 0 spiro atoms. The van der Waals surface area contributed by atoms with Gasteiger partial charge in [-0.15, -0.1) is 5.10 Å². The standard InChI is InChI=1S/C18H19F5N2O4S/c1-17(30(26,27)12-4-2-3-11(7-12)18(21,22)23)5-6-28-14(9-17)13-8-16(25-24-13)29-10-15(19)20/h2-4,7-8,14-15H,5-6,9-10H2,1H3,(H,24,25). The third-order valence-corrected chi connectivity index (χ3v) is 7.51. The van der Waals surface area contributed by atoms with Crippen LogP contribution in [-0.4, -0.2) is 43.0 Å². The molecular weight excluding hydrogens is 435 g/mol. The number of rotatable bonds is 6. The molecule has 0 aliphatic carbocycles. The van der Waals surface area contributed by atoms with Crippen LogP contribution in [0.15, 0.2) is 35.2 Å². The number of halogens is 5. The predicted octanol–water partition coefficient (Wildman–Crippen LogP) is 4.16. The molecule has 2 atom stereocenters. The van der Waals surface area contributed by atoms with E-state index in [1.165, 1.54) is 13.0 Å². The summed E-state index contributed by atoms with van der Waals surface area (Å²) in [4.78, 5) is -0.425. The molecule has 6 nitrogen and oxygen atoms in total. The zero-order chi connectivity index (χ0) is 22.2. The monoisotopic (exact) mass is 454 g/mol. The average Bonchev–Trinajstić information content (AvgIpc) is 3.15. The van der Waals surface area contributed by atoms with Gasteiger partial charge in [0.05, 0.1) is 20.9 Å². The first-order valence-electron chi connectivity index (χ1n) is 8.92. The van der Waals surface area contributed by atoms with Crippen LogP contribution >= 0.6 is 0 Å². The quantitative estimate of drug-likeness (QED) is 0.663. The van der Waals surface area contributed by atoms with Crippen molar-refractivity contribution in [2.24, 2.45) is 0 Å². The van der Waals surface area contributed by atoms with Crippen molar-refractivity contribution in [3.05, 3.63) is 41.6 Å². The molecule has 3 rings (SSSR count). The fraction of sp³-hybridized carbons (Fsp3) is 0.500. The van der Waals surface area contributed by atoms with E-state index in [-0.39, 0.29) is 25.3 Å². The maximum atomic E-state index is 13.2. The lowest BCUT2D eigenvalue weighted by Gasteiger charge is -2.37. The highest BCUT2D eigenvalue weighted by Crippen LogP contribution is 2.42. The van der Waals surface area contributed by atoms with Crippen molar-refractivity contribution in [3.8, 4) is 5.88 Å². The Morgan fingerprint density at radius 1 is 1.33 bits per heavy atom. The molecule has 0 radical (unpaired) electrons. The first-order chi connectivity index (χ1) is 13.9. The van der Waals surface area contributed by atoms with Crippen molar-refractivity contribution in [1.29, 1.82) is 0 Å². The van der Waals surface area contributed by atoms with Gasteiger partial charge in [-0.1, -0.05) is 6.07 Å². The normalized spacial score (nSPS) is 23.0. The van der Waals surface area contributed by atoms with Crippen LogP contribution in [0.4, 0.5) is 22.0 Å². The third kappa shape index (κ3) is 4.59. The summed E-state index contributed by atoms with van der Waals surface area (Å²) in [6, 6.07) is 4.94. The molecule has 1 saturated heterocycles. The van der Waals surface area contributed by atoms with E-state index >= 15 is 0 Å². The molecule has 1 fully saturated rings. The van der Waals surface area contributed by atoms with Gasteiger partial charge in [0.2, 0.25) is 5.88 Å². The maximum Gasteiger partial charge on any atom is 0.416 e. The van der Waals surface area contributed by atoms with Gasteiger partial charge in [0.25, 0.3) is 6.43 Å². The van der Waals surface area contributed by atoms with Crippen LogP contribution in [0.25, 0.3) is 0 Å². The van der Waals surface area contributed by atoms with Crippen molar-refractivity contribution >= 4 is 9.84 Å². The minimum absolute atomic E-state index is 0.0333. The molecule has 0 amide bonds. The van der Waals surface area contributed by atoms with Crippen LogP contribution in [0.2, 0.25) is 0 Å². The maximum absolute atomic E-state index is 13.2. The molecule has 12 heteroatoms. The number of hydrogen-bond acceptors (Lipinski definition) is 5. The second kappa shape index (κ2) is 8.14. The Hall–Kier alpha value is -2.21. The number of ether oxygens (including phenoxy) is 2. The number of nitrogens with one attached hydrogen (secondary N) is 1. The average molecular weight is 454 g/mol. The number of nitrogens with zero attached hydrogens (tertiary/aromatic N) is 1. The van der Waals surface area contributed by atoms with E-state index in [0.29, 0.717) is 11.8 Å². The van der Waals surface area contributed by atoms with Crippen LogP contribution < -0.4 is 4.74 Å². The highest BCUT2D eigenvalue weighted by Gasteiger charge is 2.46. The van der Waals surface area contributed by atoms with Crippen LogP contribution in [0.3, 0.4) is 0 Å². The van der Waals surface area contributed by atoms with Gasteiger partial charge in [-0.3, -0.25) is 5.10 Å². The second-order valence-corrected chi connectivity index (χ2v) is 9.62. The van der Waals surface area contributed by atoms with Gasteiger partial charge in [-0.25, -0.2) is 17.2 Å². The number of hydrogen-bond donors (Lipinski definition) is 1. The smallest absolute Gasteiger partial charge is 0.416 e. The molecule has 30 heavy (non-hydrogen) atoms. The van der Waals surface area contributed by atoms with Crippen LogP contribution in [0, 0.1) is 0 Å². The van der Waals surface area contributed by atoms with E-state index < -0.39 is 50.4 Å². The molecule has 0 bridgehead atoms. The second-order valence-electron chi connectivity index (χ2n) is 7.16. The number of aromatic amines is 1. The molecule has 2 unspecified atom stereocenters. The Balaban J connectivity index is 1.84. The van der Waals surface area contributed by atoms with Crippen molar-refractivity contribution in [2.75, 3.05) is 13.2 Å². The molecule has 1 aliphatic heterocycles. The van der Waals surface area contributed by atoms with Crippen molar-refractivity contribution < 1.29 is 39.8 Å². The molecule has 2 heterocycles. The lowest BCUT2D eigenvalue weighted by Crippen LogP contribution is -2.42. The molecule has 1 aliphatic rings. The van der Waals surface area contributed by atoms with Gasteiger partial charge in [0.15, 0.2) is 16.4 Å². The van der Waals surface area contributed by atoms with E-state index in [9.17, 15) is 30.4 Å². The molecule has 1 aromatic heterocycles. The summed E-state index contributed by atoms with van der Waals surface area (Å²) in [6.07, 6.45) is -8.12. The number of aromatic nitrogens is 2. The van der Waals surface area contributed by atoms with Gasteiger partial charge >= 0.3 is 6.18 Å². The summed E-state index contributed by atoms with van der Waals surface area (Å²) in [5.41, 5.74) is -0.727. The molecular formula is C18H19F5N2O4S. The van der Waals surface area contributed by atoms with E-state index in [4.69, 9.17) is 9.47 Å². The Morgan fingerprint density at radius 3 is 2.73 bits per heavy atom. The first kappa shape index (κ1) is 22.5. The minimum atomic E-state index is -4.67. The van der Waals surface area contributed by atoms with Crippen molar-refractivity contribution in [3.63, 3.8) is 0 Å². The predicted molar refractivity (Wildman–Crippen MR) is 95.0 cm³/mol. The van der Waals surface area contributed by atoms with Crippen molar-refractivity contribution in [2.45, 2.75) is 48.1 Å². The lowest BCUT2D eigenvalue weighted by atomic mass is 9.95. The van der Waals surface area contributed by atoms with Gasteiger partial charge in [0.1, 0.15) is 6.10 Å². The van der Waals surface area contributed by atoms with Crippen LogP contribution in [0.1, 0.15) is 37.1 Å². The van der Waals surface area contributed by atoms with E-state index in [0.717, 1.165) is 18.2 Å². The topological polar surface area (TPSA) is 81.3 Å². The number of H-pyrrole nitrogens is 1. The number of sulfone groups is 1. The highest BCUT2D eigenvalue weighted by atomic mass is 32.2. The van der Waals surface area contributed by atoms with Gasteiger partial charge in [0, 0.05) is 12.7 Å². The largest absolute Gasteiger partial charge is 0.471 e. The lowest BCUT2D eigenvalue weighted by molar-refractivity contribution is -0.137. The number of alkyl halides is 5. The van der Waals surface area contributed by atoms with Gasteiger partial charge in [-0.05, 0) is 38.0 Å². The molecule has 0 saturated carbocycles. The summed E-state index contributed by atoms with van der Waals surface area (Å²) in [5, 5.41) is 6.30. The Morgan fingerprint density at radius 2 is 2.07 bits per heavy atom. The van der Waals surface area contributed by atoms with Crippen molar-refractivity contribution in [1.82, 2.24) is 10.2 Å². The zero-order valence-electron chi connectivity index (χ0n) is 15.7. The first-order valence-corrected chi connectivity index (χ1v) is 10.4. The van der Waals surface area contributed by atoms with E-state index in [2.05, 4.69) is 10.2 Å². The summed E-state index contributed by atoms with van der Waals surface area (Å²) >= 11 is 0. The minimum Gasteiger partial charge on any atom is -0.471 e. The summed E-state index contributed by atoms with van der Waals surface area (Å²) in [7, 11) is -4.14. The van der Waals surface area contributed by atoms with Gasteiger partial charge in [-0.2, -0.15) is 13.2 Å². The molecule has 1 aromatic carbocycles. The molecule has 166 valence electrons. The van der Waals surface area contributed by atoms with Gasteiger partial charge < -0.3 is 9.47 Å².